The van der Waals surface area contributed by atoms with Gasteiger partial charge in [-0.2, -0.15) is 0 Å². The predicted molar refractivity (Wildman–Crippen MR) is 146 cm³/mol. The van der Waals surface area contributed by atoms with Crippen molar-refractivity contribution in [3.63, 3.8) is 0 Å². The van der Waals surface area contributed by atoms with E-state index in [-0.39, 0.29) is 7.46 Å². The second-order valence-electron chi connectivity index (χ2n) is 8.64. The first-order valence-electron chi connectivity index (χ1n) is 11.8. The van der Waals surface area contributed by atoms with Crippen LogP contribution in [0.5, 0.6) is 28.7 Å². The summed E-state index contributed by atoms with van der Waals surface area (Å²) in [4.78, 5) is 21.2. The van der Waals surface area contributed by atoms with Gasteiger partial charge in [-0.25, -0.2) is 4.79 Å². The number of aromatic nitrogens is 1. The molecule has 0 fully saturated rings. The number of amides is 2. The third kappa shape index (κ3) is 4.88. The average molecular weight is 503 g/mol. The van der Waals surface area contributed by atoms with E-state index >= 15 is 0 Å². The van der Waals surface area contributed by atoms with Crippen LogP contribution in [-0.2, 0) is 0 Å². The van der Waals surface area contributed by atoms with E-state index in [4.69, 9.17) is 18.9 Å². The number of methoxy groups -OCH3 is 2. The van der Waals surface area contributed by atoms with Gasteiger partial charge in [0.25, 0.3) is 0 Å². The van der Waals surface area contributed by atoms with E-state index in [1.807, 2.05) is 67.5 Å². The van der Waals surface area contributed by atoms with Crippen LogP contribution in [0.4, 0.5) is 21.9 Å². The highest BCUT2D eigenvalue weighted by Crippen LogP contribution is 2.40. The Bertz CT molecular complexity index is 1450. The summed E-state index contributed by atoms with van der Waals surface area (Å²) in [6.45, 7) is 0.810. The van der Waals surface area contributed by atoms with Gasteiger partial charge in [-0.1, -0.05) is 0 Å². The summed E-state index contributed by atoms with van der Waals surface area (Å²) < 4.78 is 22.9. The summed E-state index contributed by atoms with van der Waals surface area (Å²) in [5.41, 5.74) is 3.17. The summed E-state index contributed by atoms with van der Waals surface area (Å²) in [6, 6.07) is 18.3. The Morgan fingerprint density at radius 2 is 1.76 bits per heavy atom. The molecule has 192 valence electrons. The largest absolute Gasteiger partial charge is 0.493 e. The highest BCUT2D eigenvalue weighted by Gasteiger charge is 2.25. The SMILES string of the molecule is COc1cc2nccc(Oc3ccc4c(c3)OCCN4C(=O)Nc3ccc(N(C)C)cc3)c2cc1OC.[HH]. The summed E-state index contributed by atoms with van der Waals surface area (Å²) in [7, 11) is 7.12. The van der Waals surface area contributed by atoms with E-state index in [0.29, 0.717) is 53.1 Å². The smallest absolute Gasteiger partial charge is 0.326 e. The van der Waals surface area contributed by atoms with Crippen molar-refractivity contribution in [1.82, 2.24) is 4.98 Å². The van der Waals surface area contributed by atoms with Crippen molar-refractivity contribution in [3.8, 4) is 28.7 Å². The quantitative estimate of drug-likeness (QED) is 0.357. The number of ether oxygens (including phenoxy) is 4. The number of pyridine rings is 1. The topological polar surface area (TPSA) is 85.4 Å². The van der Waals surface area contributed by atoms with Crippen molar-refractivity contribution in [2.24, 2.45) is 0 Å². The highest BCUT2D eigenvalue weighted by molar-refractivity contribution is 6.03. The zero-order valence-corrected chi connectivity index (χ0v) is 21.1. The van der Waals surface area contributed by atoms with Gasteiger partial charge in [0, 0.05) is 50.6 Å². The van der Waals surface area contributed by atoms with Crippen molar-refractivity contribution in [3.05, 3.63) is 66.9 Å². The van der Waals surface area contributed by atoms with Gasteiger partial charge >= 0.3 is 6.03 Å². The Hall–Kier alpha value is -4.66. The van der Waals surface area contributed by atoms with E-state index in [1.54, 1.807) is 37.4 Å². The van der Waals surface area contributed by atoms with Crippen molar-refractivity contribution in [2.45, 2.75) is 0 Å². The maximum Gasteiger partial charge on any atom is 0.326 e. The number of urea groups is 1. The number of carbonyl (C=O) groups is 1. The fourth-order valence-electron chi connectivity index (χ4n) is 4.17. The number of nitrogens with one attached hydrogen (secondary N) is 1. The van der Waals surface area contributed by atoms with Crippen LogP contribution >= 0.6 is 0 Å². The first-order chi connectivity index (χ1) is 18.0. The second kappa shape index (κ2) is 10.1. The molecule has 0 radical (unpaired) electrons. The lowest BCUT2D eigenvalue weighted by Crippen LogP contribution is -2.40. The number of nitrogens with zero attached hydrogens (tertiary/aromatic N) is 3. The zero-order valence-electron chi connectivity index (χ0n) is 21.1. The van der Waals surface area contributed by atoms with Crippen molar-refractivity contribution < 1.29 is 25.2 Å². The maximum absolute atomic E-state index is 13.1. The molecular weight excluding hydrogens is 472 g/mol. The Morgan fingerprint density at radius 1 is 1.00 bits per heavy atom. The molecule has 9 nitrogen and oxygen atoms in total. The Balaban J connectivity index is 0.00000336. The van der Waals surface area contributed by atoms with Crippen LogP contribution in [-0.4, -0.2) is 52.5 Å². The Morgan fingerprint density at radius 3 is 2.49 bits per heavy atom. The molecule has 3 aromatic carbocycles. The van der Waals surface area contributed by atoms with Gasteiger partial charge in [0.05, 0.1) is 32.0 Å². The molecule has 0 saturated heterocycles. The third-order valence-electron chi connectivity index (χ3n) is 6.11. The van der Waals surface area contributed by atoms with Gasteiger partial charge in [-0.15, -0.1) is 0 Å². The van der Waals surface area contributed by atoms with Gasteiger partial charge in [0.15, 0.2) is 11.5 Å². The van der Waals surface area contributed by atoms with Gasteiger partial charge in [0.1, 0.15) is 23.9 Å². The molecule has 1 aromatic heterocycles. The molecule has 5 rings (SSSR count). The Kier molecular flexibility index (Phi) is 6.59. The molecule has 0 aliphatic carbocycles. The lowest BCUT2D eigenvalue weighted by atomic mass is 10.1. The molecule has 0 spiro atoms. The van der Waals surface area contributed by atoms with Gasteiger partial charge in [-0.3, -0.25) is 9.88 Å². The fourth-order valence-corrected chi connectivity index (χ4v) is 4.17. The minimum atomic E-state index is -0.225. The molecule has 0 saturated carbocycles. The molecule has 4 aromatic rings. The predicted octanol–water partition coefficient (Wildman–Crippen LogP) is 5.79. The summed E-state index contributed by atoms with van der Waals surface area (Å²) >= 11 is 0. The molecule has 9 heteroatoms. The number of anilines is 3. The Labute approximate surface area is 216 Å². The average Bonchev–Trinajstić information content (AvgIpc) is 2.92. The molecule has 1 aliphatic heterocycles. The number of fused-ring (bicyclic) bond motifs is 2. The first-order valence-corrected chi connectivity index (χ1v) is 11.8. The summed E-state index contributed by atoms with van der Waals surface area (Å²) in [5.74, 6) is 2.92. The standard InChI is InChI=1S/C28H28N4O5.H2/c1-31(2)19-7-5-18(6-8-19)30-28(33)32-13-14-36-25-15-20(9-10-23(25)32)37-24-11-12-29-22-17-27(35-4)26(34-3)16-21(22)24;/h5-12,15-17H,13-14H2,1-4H3,(H,30,33);1H. The minimum Gasteiger partial charge on any atom is -0.493 e. The molecule has 37 heavy (non-hydrogen) atoms. The second-order valence-corrected chi connectivity index (χ2v) is 8.64. The molecule has 0 unspecified atom stereocenters. The van der Waals surface area contributed by atoms with E-state index < -0.39 is 0 Å². The van der Waals surface area contributed by atoms with Crippen molar-refractivity contribution in [1.29, 1.82) is 0 Å². The van der Waals surface area contributed by atoms with E-state index in [9.17, 15) is 4.79 Å². The van der Waals surface area contributed by atoms with Crippen LogP contribution in [0.25, 0.3) is 10.9 Å². The van der Waals surface area contributed by atoms with Crippen LogP contribution in [0, 0.1) is 0 Å². The number of carbonyl (C=O) groups excluding carboxylic acids is 1. The lowest BCUT2D eigenvalue weighted by molar-refractivity contribution is 0.250. The highest BCUT2D eigenvalue weighted by atomic mass is 16.5. The minimum absolute atomic E-state index is 0. The lowest BCUT2D eigenvalue weighted by Gasteiger charge is -2.30. The zero-order chi connectivity index (χ0) is 25.9. The number of rotatable bonds is 6. The normalized spacial score (nSPS) is 12.4. The van der Waals surface area contributed by atoms with Crippen LogP contribution in [0.3, 0.4) is 0 Å². The molecular formula is C28H30N4O5. The molecule has 1 aliphatic rings. The first kappa shape index (κ1) is 24.1. The van der Waals surface area contributed by atoms with Crippen LogP contribution < -0.4 is 34.1 Å². The van der Waals surface area contributed by atoms with Crippen LogP contribution in [0.15, 0.2) is 66.9 Å². The van der Waals surface area contributed by atoms with Crippen molar-refractivity contribution in [2.75, 3.05) is 56.6 Å². The van der Waals surface area contributed by atoms with Crippen LogP contribution in [0.2, 0.25) is 0 Å². The molecule has 1 N–H and O–H groups in total. The van der Waals surface area contributed by atoms with E-state index in [2.05, 4.69) is 10.3 Å². The molecule has 2 heterocycles. The number of hydrogen-bond donors (Lipinski definition) is 1. The van der Waals surface area contributed by atoms with E-state index in [1.165, 1.54) is 0 Å². The maximum atomic E-state index is 13.1. The third-order valence-corrected chi connectivity index (χ3v) is 6.11. The van der Waals surface area contributed by atoms with Crippen LogP contribution in [0.1, 0.15) is 1.43 Å². The van der Waals surface area contributed by atoms with Gasteiger partial charge in [-0.05, 0) is 48.5 Å². The number of benzene rings is 3. The van der Waals surface area contributed by atoms with Gasteiger partial charge in [0.2, 0.25) is 0 Å². The summed E-state index contributed by atoms with van der Waals surface area (Å²) in [6.07, 6.45) is 1.68. The van der Waals surface area contributed by atoms with Gasteiger partial charge < -0.3 is 29.2 Å². The monoisotopic (exact) mass is 502 g/mol. The molecule has 0 bridgehead atoms. The molecule has 0 atom stereocenters. The van der Waals surface area contributed by atoms with E-state index in [0.717, 1.165) is 16.8 Å². The molecule has 2 amide bonds. The fraction of sp³-hybridized carbons (Fsp3) is 0.214. The van der Waals surface area contributed by atoms with Crippen molar-refractivity contribution >= 4 is 34.0 Å². The number of hydrogen-bond acceptors (Lipinski definition) is 7. The summed E-state index contributed by atoms with van der Waals surface area (Å²) in [5, 5.41) is 3.74.